The van der Waals surface area contributed by atoms with Gasteiger partial charge in [-0.1, -0.05) is 48.8 Å². The lowest BCUT2D eigenvalue weighted by Crippen LogP contribution is -2.18. The van der Waals surface area contributed by atoms with Crippen LogP contribution in [0.5, 0.6) is 0 Å². The third kappa shape index (κ3) is 3.16. The largest absolute Gasteiger partial charge is 0.481 e. The maximum absolute atomic E-state index is 12.2. The molecule has 6 nitrogen and oxygen atoms in total. The van der Waals surface area contributed by atoms with Crippen molar-refractivity contribution in [3.63, 3.8) is 0 Å². The predicted octanol–water partition coefficient (Wildman–Crippen LogP) is 2.43. The van der Waals surface area contributed by atoms with E-state index in [0.29, 0.717) is 5.56 Å². The molecular formula is C15H16N2O4. The number of aryl methyl sites for hydroxylation is 1. The molecule has 0 radical (unpaired) electrons. The van der Waals surface area contributed by atoms with Crippen LogP contribution in [0, 0.1) is 12.8 Å². The van der Waals surface area contributed by atoms with Crippen LogP contribution in [0.2, 0.25) is 0 Å². The molecule has 21 heavy (non-hydrogen) atoms. The van der Waals surface area contributed by atoms with E-state index >= 15 is 0 Å². The van der Waals surface area contributed by atoms with E-state index in [2.05, 4.69) is 10.1 Å². The lowest BCUT2D eigenvalue weighted by Gasteiger charge is -2.10. The Morgan fingerprint density at radius 1 is 1.19 bits per heavy atom. The Hall–Kier alpha value is -2.50. The van der Waals surface area contributed by atoms with Crippen molar-refractivity contribution in [3.05, 3.63) is 47.1 Å². The van der Waals surface area contributed by atoms with Crippen molar-refractivity contribution in [2.75, 3.05) is 0 Å². The summed E-state index contributed by atoms with van der Waals surface area (Å²) in [6.07, 6.45) is 0. The number of carboxylic acids is 1. The Labute approximate surface area is 121 Å². The van der Waals surface area contributed by atoms with Gasteiger partial charge in [-0.15, -0.1) is 0 Å². The fourth-order valence-electron chi connectivity index (χ4n) is 1.96. The Balaban J connectivity index is 2.29. The van der Waals surface area contributed by atoms with Gasteiger partial charge in [-0.05, 0) is 12.8 Å². The van der Waals surface area contributed by atoms with Gasteiger partial charge in [0.1, 0.15) is 5.92 Å². The summed E-state index contributed by atoms with van der Waals surface area (Å²) >= 11 is 0. The molecule has 0 saturated heterocycles. The van der Waals surface area contributed by atoms with E-state index in [1.165, 1.54) is 0 Å². The fraction of sp³-hybridized carbons (Fsp3) is 0.333. The highest BCUT2D eigenvalue weighted by molar-refractivity contribution is 6.06. The van der Waals surface area contributed by atoms with Crippen LogP contribution in [0.15, 0.2) is 28.8 Å². The van der Waals surface area contributed by atoms with E-state index in [1.54, 1.807) is 26.0 Å². The van der Waals surface area contributed by atoms with E-state index < -0.39 is 17.7 Å². The highest BCUT2D eigenvalue weighted by atomic mass is 16.5. The smallest absolute Gasteiger partial charge is 0.316 e. The number of rotatable bonds is 5. The molecule has 0 bridgehead atoms. The summed E-state index contributed by atoms with van der Waals surface area (Å²) in [7, 11) is 0. The van der Waals surface area contributed by atoms with Gasteiger partial charge < -0.3 is 9.63 Å². The second-order valence-corrected chi connectivity index (χ2v) is 5.21. The Morgan fingerprint density at radius 3 is 2.33 bits per heavy atom. The number of benzene rings is 1. The summed E-state index contributed by atoms with van der Waals surface area (Å²) in [4.78, 5) is 27.4. The molecule has 0 fully saturated rings. The average molecular weight is 288 g/mol. The van der Waals surface area contributed by atoms with Gasteiger partial charge in [0.05, 0.1) is 0 Å². The molecule has 0 aliphatic heterocycles. The van der Waals surface area contributed by atoms with Crippen LogP contribution in [-0.4, -0.2) is 27.0 Å². The zero-order valence-corrected chi connectivity index (χ0v) is 12.0. The van der Waals surface area contributed by atoms with Gasteiger partial charge in [-0.3, -0.25) is 9.59 Å². The lowest BCUT2D eigenvalue weighted by atomic mass is 9.96. The zero-order valence-electron chi connectivity index (χ0n) is 12.0. The van der Waals surface area contributed by atoms with E-state index in [9.17, 15) is 14.7 Å². The number of carbonyl (C=O) groups excluding carboxylic acids is 1. The van der Waals surface area contributed by atoms with Gasteiger partial charge in [-0.2, -0.15) is 4.98 Å². The Morgan fingerprint density at radius 2 is 1.81 bits per heavy atom. The summed E-state index contributed by atoms with van der Waals surface area (Å²) in [5.41, 5.74) is 1.47. The second-order valence-electron chi connectivity index (χ2n) is 5.21. The zero-order chi connectivity index (χ0) is 15.6. The van der Waals surface area contributed by atoms with Crippen molar-refractivity contribution >= 4 is 11.8 Å². The molecule has 1 atom stereocenters. The van der Waals surface area contributed by atoms with Crippen LogP contribution in [0.3, 0.4) is 0 Å². The van der Waals surface area contributed by atoms with Gasteiger partial charge in [-0.25, -0.2) is 0 Å². The van der Waals surface area contributed by atoms with E-state index in [-0.39, 0.29) is 17.6 Å². The summed E-state index contributed by atoms with van der Waals surface area (Å²) in [6, 6.07) is 6.96. The van der Waals surface area contributed by atoms with Crippen LogP contribution < -0.4 is 0 Å². The molecule has 2 rings (SSSR count). The number of ketones is 1. The van der Waals surface area contributed by atoms with Crippen molar-refractivity contribution in [1.29, 1.82) is 0 Å². The van der Waals surface area contributed by atoms with Crippen LogP contribution in [-0.2, 0) is 4.79 Å². The number of aliphatic carboxylic acids is 1. The first-order valence-electron chi connectivity index (χ1n) is 6.58. The highest BCUT2D eigenvalue weighted by Crippen LogP contribution is 2.23. The molecule has 0 spiro atoms. The first-order chi connectivity index (χ1) is 9.90. The monoisotopic (exact) mass is 288 g/mol. The molecular weight excluding hydrogens is 272 g/mol. The Bertz CT molecular complexity index is 659. The number of hydrogen-bond donors (Lipinski definition) is 1. The molecule has 0 aliphatic rings. The summed E-state index contributed by atoms with van der Waals surface area (Å²) in [6.45, 7) is 5.40. The molecule has 0 amide bonds. The SMILES string of the molecule is Cc1ccc(C(=O)c2noc(C(C(=O)O)C(C)C)n2)cc1. The number of carbonyl (C=O) groups is 2. The van der Waals surface area contributed by atoms with Crippen molar-refractivity contribution in [2.24, 2.45) is 5.92 Å². The van der Waals surface area contributed by atoms with Crippen molar-refractivity contribution in [3.8, 4) is 0 Å². The molecule has 1 unspecified atom stereocenters. The maximum atomic E-state index is 12.2. The minimum absolute atomic E-state index is 0.0482. The molecule has 0 saturated carbocycles. The molecule has 0 aliphatic carbocycles. The first-order valence-corrected chi connectivity index (χ1v) is 6.58. The summed E-state index contributed by atoms with van der Waals surface area (Å²) < 4.78 is 4.95. The molecule has 1 heterocycles. The fourth-order valence-corrected chi connectivity index (χ4v) is 1.96. The predicted molar refractivity (Wildman–Crippen MR) is 74.1 cm³/mol. The van der Waals surface area contributed by atoms with E-state index in [1.807, 2.05) is 19.1 Å². The van der Waals surface area contributed by atoms with Gasteiger partial charge in [0, 0.05) is 5.56 Å². The van der Waals surface area contributed by atoms with Gasteiger partial charge >= 0.3 is 5.97 Å². The van der Waals surface area contributed by atoms with E-state index in [4.69, 9.17) is 4.52 Å². The van der Waals surface area contributed by atoms with Gasteiger partial charge in [0.25, 0.3) is 0 Å². The van der Waals surface area contributed by atoms with Crippen molar-refractivity contribution in [1.82, 2.24) is 10.1 Å². The third-order valence-electron chi connectivity index (χ3n) is 3.16. The first kappa shape index (κ1) is 14.9. The summed E-state index contributed by atoms with van der Waals surface area (Å²) in [5.74, 6) is -2.75. The number of hydrogen-bond acceptors (Lipinski definition) is 5. The molecule has 110 valence electrons. The minimum atomic E-state index is -1.05. The molecule has 1 aromatic carbocycles. The summed E-state index contributed by atoms with van der Waals surface area (Å²) in [5, 5.41) is 12.8. The number of carboxylic acid groups (broad SMARTS) is 1. The molecule has 2 aromatic rings. The van der Waals surface area contributed by atoms with Gasteiger partial charge in [0.15, 0.2) is 0 Å². The van der Waals surface area contributed by atoms with Crippen LogP contribution in [0.1, 0.15) is 47.4 Å². The van der Waals surface area contributed by atoms with Crippen molar-refractivity contribution < 1.29 is 19.2 Å². The van der Waals surface area contributed by atoms with Crippen molar-refractivity contribution in [2.45, 2.75) is 26.7 Å². The quantitative estimate of drug-likeness (QED) is 0.849. The molecule has 6 heteroatoms. The molecule has 1 aromatic heterocycles. The maximum Gasteiger partial charge on any atom is 0.316 e. The highest BCUT2D eigenvalue weighted by Gasteiger charge is 2.30. The van der Waals surface area contributed by atoms with Crippen LogP contribution >= 0.6 is 0 Å². The normalized spacial score (nSPS) is 12.4. The topological polar surface area (TPSA) is 93.3 Å². The standard InChI is InChI=1S/C15H16N2O4/c1-8(2)11(15(19)20)14-16-13(17-21-14)12(18)10-6-4-9(3)5-7-10/h4-8,11H,1-3H3,(H,19,20). The second kappa shape index (κ2) is 5.87. The number of nitrogens with zero attached hydrogens (tertiary/aromatic N) is 2. The van der Waals surface area contributed by atoms with Gasteiger partial charge in [0.2, 0.25) is 17.5 Å². The lowest BCUT2D eigenvalue weighted by molar-refractivity contribution is -0.140. The Kier molecular flexibility index (Phi) is 4.16. The molecule has 1 N–H and O–H groups in total. The third-order valence-corrected chi connectivity index (χ3v) is 3.16. The number of aromatic nitrogens is 2. The van der Waals surface area contributed by atoms with E-state index in [0.717, 1.165) is 5.56 Å². The minimum Gasteiger partial charge on any atom is -0.481 e. The average Bonchev–Trinajstić information content (AvgIpc) is 2.87. The van der Waals surface area contributed by atoms with Crippen LogP contribution in [0.25, 0.3) is 0 Å². The van der Waals surface area contributed by atoms with Crippen LogP contribution in [0.4, 0.5) is 0 Å².